The van der Waals surface area contributed by atoms with Crippen molar-refractivity contribution in [1.82, 2.24) is 4.90 Å². The summed E-state index contributed by atoms with van der Waals surface area (Å²) in [5, 5.41) is 11.7. The van der Waals surface area contributed by atoms with Crippen LogP contribution in [0.1, 0.15) is 42.5 Å². The molecule has 1 heterocycles. The lowest BCUT2D eigenvalue weighted by molar-refractivity contribution is 0.0697. The van der Waals surface area contributed by atoms with E-state index in [9.17, 15) is 9.59 Å². The number of nitrogens with one attached hydrogen (secondary N) is 1. The predicted molar refractivity (Wildman–Crippen MR) is 79.5 cm³/mol. The molecule has 2 fully saturated rings. The molecule has 3 rings (SSSR count). The van der Waals surface area contributed by atoms with Gasteiger partial charge in [-0.3, -0.25) is 0 Å². The van der Waals surface area contributed by atoms with E-state index in [1.54, 1.807) is 12.1 Å². The monoisotopic (exact) mass is 288 g/mol. The summed E-state index contributed by atoms with van der Waals surface area (Å²) in [6.07, 6.45) is 5.94. The summed E-state index contributed by atoms with van der Waals surface area (Å²) in [6, 6.07) is 6.60. The van der Waals surface area contributed by atoms with Crippen LogP contribution < -0.4 is 5.32 Å². The van der Waals surface area contributed by atoms with Crippen LogP contribution in [0.5, 0.6) is 0 Å². The normalized spacial score (nSPS) is 24.5. The third kappa shape index (κ3) is 2.86. The fourth-order valence-electron chi connectivity index (χ4n) is 3.55. The zero-order valence-electron chi connectivity index (χ0n) is 11.9. The standard InChI is InChI=1S/C16H20N2O3/c19-15(20)12-5-7-13(8-6-12)17-16(21)18-10-9-11-3-1-2-4-14(11)18/h5-8,11,14H,1-4,9-10H2,(H,17,21)(H,19,20). The molecule has 112 valence electrons. The van der Waals surface area contributed by atoms with Crippen LogP contribution in [0.3, 0.4) is 0 Å². The van der Waals surface area contributed by atoms with Gasteiger partial charge in [-0.1, -0.05) is 12.8 Å². The molecule has 0 bridgehead atoms. The minimum Gasteiger partial charge on any atom is -0.478 e. The number of amides is 2. The number of rotatable bonds is 2. The predicted octanol–water partition coefficient (Wildman–Crippen LogP) is 3.18. The molecular weight excluding hydrogens is 268 g/mol. The minimum atomic E-state index is -0.961. The number of hydrogen-bond donors (Lipinski definition) is 2. The smallest absolute Gasteiger partial charge is 0.335 e. The first kappa shape index (κ1) is 13.9. The van der Waals surface area contributed by atoms with Gasteiger partial charge in [-0.15, -0.1) is 0 Å². The van der Waals surface area contributed by atoms with E-state index in [1.807, 2.05) is 4.90 Å². The summed E-state index contributed by atoms with van der Waals surface area (Å²) in [7, 11) is 0. The molecule has 1 aromatic rings. The maximum Gasteiger partial charge on any atom is 0.335 e. The van der Waals surface area contributed by atoms with Gasteiger partial charge in [0.2, 0.25) is 0 Å². The fourth-order valence-corrected chi connectivity index (χ4v) is 3.55. The third-order valence-electron chi connectivity index (χ3n) is 4.65. The Labute approximate surface area is 123 Å². The number of anilines is 1. The summed E-state index contributed by atoms with van der Waals surface area (Å²) < 4.78 is 0. The van der Waals surface area contributed by atoms with Crippen molar-refractivity contribution in [3.05, 3.63) is 29.8 Å². The van der Waals surface area contributed by atoms with Crippen molar-refractivity contribution in [1.29, 1.82) is 0 Å². The number of nitrogens with zero attached hydrogens (tertiary/aromatic N) is 1. The Kier molecular flexibility index (Phi) is 3.82. The van der Waals surface area contributed by atoms with Crippen molar-refractivity contribution in [3.8, 4) is 0 Å². The lowest BCUT2D eigenvalue weighted by atomic mass is 9.85. The highest BCUT2D eigenvalue weighted by molar-refractivity contribution is 5.91. The molecule has 0 aromatic heterocycles. The second-order valence-corrected chi connectivity index (χ2v) is 5.91. The van der Waals surface area contributed by atoms with Crippen LogP contribution in [0.4, 0.5) is 10.5 Å². The maximum atomic E-state index is 12.4. The quantitative estimate of drug-likeness (QED) is 0.878. The van der Waals surface area contributed by atoms with Crippen LogP contribution in [0.2, 0.25) is 0 Å². The first-order valence-electron chi connectivity index (χ1n) is 7.56. The Morgan fingerprint density at radius 3 is 2.52 bits per heavy atom. The highest BCUT2D eigenvalue weighted by atomic mass is 16.4. The van der Waals surface area contributed by atoms with Gasteiger partial charge in [-0.2, -0.15) is 0 Å². The molecule has 2 N–H and O–H groups in total. The van der Waals surface area contributed by atoms with Crippen LogP contribution in [0.25, 0.3) is 0 Å². The fraction of sp³-hybridized carbons (Fsp3) is 0.500. The number of likely N-dealkylation sites (tertiary alicyclic amines) is 1. The topological polar surface area (TPSA) is 69.6 Å². The van der Waals surface area contributed by atoms with E-state index in [-0.39, 0.29) is 11.6 Å². The van der Waals surface area contributed by atoms with E-state index in [0.717, 1.165) is 19.4 Å². The number of carboxylic acid groups (broad SMARTS) is 1. The minimum absolute atomic E-state index is 0.0625. The van der Waals surface area contributed by atoms with Gasteiger partial charge >= 0.3 is 12.0 Å². The first-order valence-corrected chi connectivity index (χ1v) is 7.56. The van der Waals surface area contributed by atoms with Crippen molar-refractivity contribution in [2.75, 3.05) is 11.9 Å². The molecular formula is C16H20N2O3. The van der Waals surface area contributed by atoms with Crippen molar-refractivity contribution >= 4 is 17.7 Å². The van der Waals surface area contributed by atoms with E-state index in [2.05, 4.69) is 5.32 Å². The van der Waals surface area contributed by atoms with Crippen LogP contribution in [0.15, 0.2) is 24.3 Å². The van der Waals surface area contributed by atoms with Gasteiger partial charge in [0.05, 0.1) is 5.56 Å². The van der Waals surface area contributed by atoms with Crippen LogP contribution in [-0.4, -0.2) is 34.6 Å². The lowest BCUT2D eigenvalue weighted by Gasteiger charge is -2.31. The summed E-state index contributed by atoms with van der Waals surface area (Å²) in [5.74, 6) is -0.295. The van der Waals surface area contributed by atoms with Gasteiger partial charge in [0.25, 0.3) is 0 Å². The van der Waals surface area contributed by atoms with E-state index in [4.69, 9.17) is 5.11 Å². The average molecular weight is 288 g/mol. The summed E-state index contributed by atoms with van der Waals surface area (Å²) >= 11 is 0. The van der Waals surface area contributed by atoms with Crippen LogP contribution >= 0.6 is 0 Å². The molecule has 1 aliphatic heterocycles. The Hall–Kier alpha value is -2.04. The second kappa shape index (κ2) is 5.76. The van der Waals surface area contributed by atoms with Gasteiger partial charge in [0, 0.05) is 18.3 Å². The SMILES string of the molecule is O=C(O)c1ccc(NC(=O)N2CCC3CCCCC32)cc1. The van der Waals surface area contributed by atoms with Crippen molar-refractivity contribution < 1.29 is 14.7 Å². The van der Waals surface area contributed by atoms with Gasteiger partial charge in [-0.25, -0.2) is 9.59 Å². The van der Waals surface area contributed by atoms with Crippen molar-refractivity contribution in [3.63, 3.8) is 0 Å². The van der Waals surface area contributed by atoms with Crippen LogP contribution in [-0.2, 0) is 0 Å². The molecule has 2 atom stereocenters. The van der Waals surface area contributed by atoms with E-state index in [1.165, 1.54) is 31.4 Å². The Morgan fingerprint density at radius 1 is 1.10 bits per heavy atom. The number of fused-ring (bicyclic) bond motifs is 1. The highest BCUT2D eigenvalue weighted by Gasteiger charge is 2.38. The molecule has 1 saturated carbocycles. The molecule has 2 unspecified atom stereocenters. The largest absolute Gasteiger partial charge is 0.478 e. The Balaban J connectivity index is 1.64. The zero-order valence-corrected chi connectivity index (χ0v) is 11.9. The van der Waals surface area contributed by atoms with E-state index >= 15 is 0 Å². The number of carboxylic acids is 1. The number of carbonyl (C=O) groups excluding carboxylic acids is 1. The molecule has 1 saturated heterocycles. The van der Waals surface area contributed by atoms with Gasteiger partial charge < -0.3 is 15.3 Å². The Bertz CT molecular complexity index is 541. The van der Waals surface area contributed by atoms with Gasteiger partial charge in [0.1, 0.15) is 0 Å². The van der Waals surface area contributed by atoms with Gasteiger partial charge in [0.15, 0.2) is 0 Å². The van der Waals surface area contributed by atoms with E-state index < -0.39 is 5.97 Å². The Morgan fingerprint density at radius 2 is 1.81 bits per heavy atom. The molecule has 0 radical (unpaired) electrons. The average Bonchev–Trinajstić information content (AvgIpc) is 2.92. The molecule has 21 heavy (non-hydrogen) atoms. The van der Waals surface area contributed by atoms with E-state index in [0.29, 0.717) is 17.6 Å². The first-order chi connectivity index (χ1) is 10.1. The second-order valence-electron chi connectivity index (χ2n) is 5.91. The molecule has 2 amide bonds. The number of carbonyl (C=O) groups is 2. The van der Waals surface area contributed by atoms with Gasteiger partial charge in [-0.05, 0) is 49.4 Å². The molecule has 0 spiro atoms. The lowest BCUT2D eigenvalue weighted by Crippen LogP contribution is -2.41. The highest BCUT2D eigenvalue weighted by Crippen LogP contribution is 2.36. The molecule has 5 heteroatoms. The maximum absolute atomic E-state index is 12.4. The summed E-state index contributed by atoms with van der Waals surface area (Å²) in [6.45, 7) is 0.828. The molecule has 2 aliphatic rings. The molecule has 1 aliphatic carbocycles. The van der Waals surface area contributed by atoms with Crippen LogP contribution in [0, 0.1) is 5.92 Å². The number of hydrogen-bond acceptors (Lipinski definition) is 2. The summed E-state index contributed by atoms with van der Waals surface area (Å²) in [5.41, 5.74) is 0.866. The van der Waals surface area contributed by atoms with Crippen molar-refractivity contribution in [2.45, 2.75) is 38.1 Å². The zero-order chi connectivity index (χ0) is 14.8. The molecule has 1 aromatic carbocycles. The summed E-state index contributed by atoms with van der Waals surface area (Å²) in [4.78, 5) is 25.1. The number of aromatic carboxylic acids is 1. The number of benzene rings is 1. The number of urea groups is 1. The molecule has 5 nitrogen and oxygen atoms in total. The van der Waals surface area contributed by atoms with Crippen molar-refractivity contribution in [2.24, 2.45) is 5.92 Å². The third-order valence-corrected chi connectivity index (χ3v) is 4.65.